The van der Waals surface area contributed by atoms with E-state index >= 15 is 0 Å². The molecule has 1 aromatic carbocycles. The van der Waals surface area contributed by atoms with Crippen LogP contribution in [0, 0.1) is 11.7 Å². The molecule has 1 aliphatic carbocycles. The predicted octanol–water partition coefficient (Wildman–Crippen LogP) is 2.13. The SMILES string of the molecule is CC(C)N(CC(=O)Nc1ccc(F)cc1)C(=O)C1CCC(N)C1. The van der Waals surface area contributed by atoms with E-state index in [2.05, 4.69) is 5.32 Å². The van der Waals surface area contributed by atoms with Gasteiger partial charge in [-0.15, -0.1) is 0 Å². The monoisotopic (exact) mass is 321 g/mol. The zero-order valence-corrected chi connectivity index (χ0v) is 13.6. The molecule has 3 N–H and O–H groups in total. The fourth-order valence-electron chi connectivity index (χ4n) is 2.88. The van der Waals surface area contributed by atoms with Gasteiger partial charge in [-0.05, 0) is 57.4 Å². The highest BCUT2D eigenvalue weighted by Gasteiger charge is 2.32. The number of rotatable bonds is 5. The summed E-state index contributed by atoms with van der Waals surface area (Å²) < 4.78 is 12.9. The molecule has 2 rings (SSSR count). The van der Waals surface area contributed by atoms with Crippen molar-refractivity contribution in [2.24, 2.45) is 11.7 Å². The fraction of sp³-hybridized carbons (Fsp3) is 0.529. The summed E-state index contributed by atoms with van der Waals surface area (Å²) in [5, 5.41) is 2.68. The molecule has 0 radical (unpaired) electrons. The van der Waals surface area contributed by atoms with Crippen LogP contribution in [0.15, 0.2) is 24.3 Å². The molecule has 0 aromatic heterocycles. The molecule has 0 spiro atoms. The van der Waals surface area contributed by atoms with Gasteiger partial charge in [0.1, 0.15) is 12.4 Å². The molecule has 1 saturated carbocycles. The van der Waals surface area contributed by atoms with Crippen molar-refractivity contribution in [1.82, 2.24) is 4.90 Å². The Hall–Kier alpha value is -1.95. The van der Waals surface area contributed by atoms with Crippen LogP contribution in [0.1, 0.15) is 33.1 Å². The van der Waals surface area contributed by atoms with Gasteiger partial charge in [-0.3, -0.25) is 9.59 Å². The minimum absolute atomic E-state index is 0.0118. The van der Waals surface area contributed by atoms with Gasteiger partial charge in [0.25, 0.3) is 0 Å². The number of nitrogens with one attached hydrogen (secondary N) is 1. The standard InChI is InChI=1S/C17H24FN3O2/c1-11(2)21(17(23)12-3-6-14(19)9-12)10-16(22)20-15-7-4-13(18)5-8-15/h4-5,7-8,11-12,14H,3,6,9-10,19H2,1-2H3,(H,20,22). The van der Waals surface area contributed by atoms with Crippen molar-refractivity contribution in [1.29, 1.82) is 0 Å². The maximum atomic E-state index is 12.9. The molecule has 126 valence electrons. The third kappa shape index (κ3) is 4.76. The topological polar surface area (TPSA) is 75.4 Å². The highest BCUT2D eigenvalue weighted by Crippen LogP contribution is 2.26. The summed E-state index contributed by atoms with van der Waals surface area (Å²) in [5.74, 6) is -0.756. The van der Waals surface area contributed by atoms with E-state index in [1.807, 2.05) is 13.8 Å². The van der Waals surface area contributed by atoms with Gasteiger partial charge in [0.2, 0.25) is 11.8 Å². The summed E-state index contributed by atoms with van der Waals surface area (Å²) in [4.78, 5) is 26.4. The number of carbonyl (C=O) groups excluding carboxylic acids is 2. The smallest absolute Gasteiger partial charge is 0.244 e. The van der Waals surface area contributed by atoms with Gasteiger partial charge in [-0.25, -0.2) is 4.39 Å². The summed E-state index contributed by atoms with van der Waals surface area (Å²) in [6, 6.07) is 5.54. The molecule has 2 atom stereocenters. The maximum absolute atomic E-state index is 12.9. The molecular formula is C17H24FN3O2. The average molecular weight is 321 g/mol. The third-order valence-electron chi connectivity index (χ3n) is 4.17. The molecular weight excluding hydrogens is 297 g/mol. The minimum atomic E-state index is -0.362. The van der Waals surface area contributed by atoms with Gasteiger partial charge in [-0.1, -0.05) is 0 Å². The number of hydrogen-bond donors (Lipinski definition) is 2. The first-order chi connectivity index (χ1) is 10.9. The predicted molar refractivity (Wildman–Crippen MR) is 87.2 cm³/mol. The van der Waals surface area contributed by atoms with Crippen LogP contribution < -0.4 is 11.1 Å². The Kier molecular flexibility index (Phi) is 5.71. The number of benzene rings is 1. The van der Waals surface area contributed by atoms with E-state index in [-0.39, 0.29) is 42.2 Å². The summed E-state index contributed by atoms with van der Waals surface area (Å²) in [6.45, 7) is 3.76. The van der Waals surface area contributed by atoms with Crippen LogP contribution >= 0.6 is 0 Å². The molecule has 5 nitrogen and oxygen atoms in total. The van der Waals surface area contributed by atoms with Crippen molar-refractivity contribution in [2.75, 3.05) is 11.9 Å². The molecule has 0 bridgehead atoms. The van der Waals surface area contributed by atoms with E-state index in [9.17, 15) is 14.0 Å². The average Bonchev–Trinajstić information content (AvgIpc) is 2.93. The molecule has 0 saturated heterocycles. The van der Waals surface area contributed by atoms with Crippen molar-refractivity contribution in [3.63, 3.8) is 0 Å². The number of anilines is 1. The quantitative estimate of drug-likeness (QED) is 0.872. The van der Waals surface area contributed by atoms with Gasteiger partial charge in [0.05, 0.1) is 0 Å². The minimum Gasteiger partial charge on any atom is -0.331 e. The Morgan fingerprint density at radius 3 is 2.48 bits per heavy atom. The number of halogens is 1. The van der Waals surface area contributed by atoms with Crippen molar-refractivity contribution in [3.05, 3.63) is 30.1 Å². The lowest BCUT2D eigenvalue weighted by Gasteiger charge is -2.28. The summed E-state index contributed by atoms with van der Waals surface area (Å²) in [5.41, 5.74) is 6.38. The molecule has 2 unspecified atom stereocenters. The van der Waals surface area contributed by atoms with Gasteiger partial charge in [0.15, 0.2) is 0 Å². The molecule has 0 heterocycles. The maximum Gasteiger partial charge on any atom is 0.244 e. The lowest BCUT2D eigenvalue weighted by molar-refractivity contribution is -0.140. The number of carbonyl (C=O) groups is 2. The van der Waals surface area contributed by atoms with Crippen molar-refractivity contribution in [3.8, 4) is 0 Å². The van der Waals surface area contributed by atoms with Crippen LogP contribution in [-0.2, 0) is 9.59 Å². The van der Waals surface area contributed by atoms with E-state index in [4.69, 9.17) is 5.73 Å². The number of hydrogen-bond acceptors (Lipinski definition) is 3. The van der Waals surface area contributed by atoms with Gasteiger partial charge in [-0.2, -0.15) is 0 Å². The van der Waals surface area contributed by atoms with Crippen LogP contribution in [-0.4, -0.2) is 35.3 Å². The second-order valence-electron chi connectivity index (χ2n) is 6.39. The number of nitrogens with zero attached hydrogens (tertiary/aromatic N) is 1. The highest BCUT2D eigenvalue weighted by molar-refractivity contribution is 5.94. The van der Waals surface area contributed by atoms with E-state index in [0.29, 0.717) is 12.1 Å². The van der Waals surface area contributed by atoms with Crippen molar-refractivity contribution >= 4 is 17.5 Å². The molecule has 23 heavy (non-hydrogen) atoms. The Bertz CT molecular complexity index is 559. The lowest BCUT2D eigenvalue weighted by Crippen LogP contribution is -2.45. The summed E-state index contributed by atoms with van der Waals surface area (Å²) in [7, 11) is 0. The van der Waals surface area contributed by atoms with E-state index in [1.165, 1.54) is 24.3 Å². The van der Waals surface area contributed by atoms with Crippen LogP contribution in [0.3, 0.4) is 0 Å². The first-order valence-electron chi connectivity index (χ1n) is 7.98. The zero-order chi connectivity index (χ0) is 17.0. The van der Waals surface area contributed by atoms with Gasteiger partial charge in [0, 0.05) is 23.7 Å². The second-order valence-corrected chi connectivity index (χ2v) is 6.39. The zero-order valence-electron chi connectivity index (χ0n) is 13.6. The van der Waals surface area contributed by atoms with Gasteiger partial charge < -0.3 is 16.0 Å². The van der Waals surface area contributed by atoms with Crippen molar-refractivity contribution in [2.45, 2.75) is 45.2 Å². The Labute approximate surface area is 136 Å². The molecule has 6 heteroatoms. The Morgan fingerprint density at radius 1 is 1.30 bits per heavy atom. The molecule has 1 fully saturated rings. The van der Waals surface area contributed by atoms with Gasteiger partial charge >= 0.3 is 0 Å². The normalized spacial score (nSPS) is 20.6. The third-order valence-corrected chi connectivity index (χ3v) is 4.17. The summed E-state index contributed by atoms with van der Waals surface area (Å²) >= 11 is 0. The molecule has 2 amide bonds. The van der Waals surface area contributed by atoms with E-state index in [0.717, 1.165) is 12.8 Å². The molecule has 0 aliphatic heterocycles. The van der Waals surface area contributed by atoms with Crippen LogP contribution in [0.4, 0.5) is 10.1 Å². The van der Waals surface area contributed by atoms with Crippen LogP contribution in [0.25, 0.3) is 0 Å². The number of nitrogens with two attached hydrogens (primary N) is 1. The fourth-order valence-corrected chi connectivity index (χ4v) is 2.88. The summed E-state index contributed by atoms with van der Waals surface area (Å²) in [6.07, 6.45) is 2.31. The first kappa shape index (κ1) is 17.4. The second kappa shape index (κ2) is 7.55. The first-order valence-corrected chi connectivity index (χ1v) is 7.98. The number of amides is 2. The van der Waals surface area contributed by atoms with E-state index in [1.54, 1.807) is 4.90 Å². The largest absolute Gasteiger partial charge is 0.331 e. The molecule has 1 aliphatic rings. The Balaban J connectivity index is 1.97. The highest BCUT2D eigenvalue weighted by atomic mass is 19.1. The van der Waals surface area contributed by atoms with Crippen LogP contribution in [0.5, 0.6) is 0 Å². The van der Waals surface area contributed by atoms with E-state index < -0.39 is 0 Å². The Morgan fingerprint density at radius 2 is 1.96 bits per heavy atom. The van der Waals surface area contributed by atoms with Crippen LogP contribution in [0.2, 0.25) is 0 Å². The molecule has 1 aromatic rings. The lowest BCUT2D eigenvalue weighted by atomic mass is 10.1. The van der Waals surface area contributed by atoms with Crippen molar-refractivity contribution < 1.29 is 14.0 Å².